The number of anilines is 1. The molecular formula is C20H24N2O5. The lowest BCUT2D eigenvalue weighted by Gasteiger charge is -2.15. The quantitative estimate of drug-likeness (QED) is 0.812. The van der Waals surface area contributed by atoms with E-state index in [-0.39, 0.29) is 12.8 Å². The number of fused-ring (bicyclic) bond motifs is 1. The van der Waals surface area contributed by atoms with E-state index in [1.54, 1.807) is 31.2 Å². The minimum Gasteiger partial charge on any atom is -0.454 e. The van der Waals surface area contributed by atoms with E-state index in [4.69, 9.17) is 14.2 Å². The number of carbonyl (C=O) groups excluding carboxylic acids is 2. The summed E-state index contributed by atoms with van der Waals surface area (Å²) in [4.78, 5) is 24.9. The summed E-state index contributed by atoms with van der Waals surface area (Å²) in [6.45, 7) is 9.63. The first-order chi connectivity index (χ1) is 12.8. The Bertz CT molecular complexity index is 885. The molecule has 3 rings (SSSR count). The molecule has 7 heteroatoms. The number of aromatic nitrogens is 1. The molecule has 144 valence electrons. The predicted molar refractivity (Wildman–Crippen MR) is 100 cm³/mol. The molecule has 0 bridgehead atoms. The van der Waals surface area contributed by atoms with E-state index in [1.165, 1.54) is 0 Å². The van der Waals surface area contributed by atoms with E-state index >= 15 is 0 Å². The zero-order valence-electron chi connectivity index (χ0n) is 16.2. The minimum atomic E-state index is -0.940. The highest BCUT2D eigenvalue weighted by atomic mass is 16.7. The van der Waals surface area contributed by atoms with Crippen LogP contribution in [-0.2, 0) is 9.53 Å². The Labute approximate surface area is 158 Å². The molecule has 1 aliphatic heterocycles. The van der Waals surface area contributed by atoms with Crippen LogP contribution in [0, 0.1) is 13.8 Å². The molecule has 7 nitrogen and oxygen atoms in total. The van der Waals surface area contributed by atoms with Crippen molar-refractivity contribution in [2.75, 3.05) is 12.1 Å². The molecule has 1 aliphatic rings. The van der Waals surface area contributed by atoms with Gasteiger partial charge in [0, 0.05) is 29.2 Å². The molecule has 1 atom stereocenters. The van der Waals surface area contributed by atoms with Crippen LogP contribution in [0.5, 0.6) is 11.5 Å². The summed E-state index contributed by atoms with van der Waals surface area (Å²) in [5.41, 5.74) is 2.83. The summed E-state index contributed by atoms with van der Waals surface area (Å²) in [5, 5.41) is 2.72. The van der Waals surface area contributed by atoms with Crippen LogP contribution in [0.2, 0.25) is 0 Å². The molecule has 1 amide bonds. The van der Waals surface area contributed by atoms with Crippen molar-refractivity contribution < 1.29 is 23.8 Å². The van der Waals surface area contributed by atoms with Crippen LogP contribution < -0.4 is 14.8 Å². The van der Waals surface area contributed by atoms with Crippen molar-refractivity contribution in [2.24, 2.45) is 0 Å². The highest BCUT2D eigenvalue weighted by Gasteiger charge is 2.24. The molecule has 27 heavy (non-hydrogen) atoms. The van der Waals surface area contributed by atoms with E-state index in [9.17, 15) is 9.59 Å². The molecule has 2 heterocycles. The number of ether oxygens (including phenoxy) is 3. The number of amides is 1. The third-order valence-corrected chi connectivity index (χ3v) is 4.51. The van der Waals surface area contributed by atoms with Gasteiger partial charge in [0.25, 0.3) is 5.91 Å². The maximum absolute atomic E-state index is 12.5. The molecule has 0 saturated carbocycles. The van der Waals surface area contributed by atoms with Crippen LogP contribution in [0.15, 0.2) is 24.3 Å². The van der Waals surface area contributed by atoms with Crippen molar-refractivity contribution >= 4 is 17.6 Å². The Hall–Kier alpha value is -2.96. The van der Waals surface area contributed by atoms with Crippen molar-refractivity contribution in [2.45, 2.75) is 46.8 Å². The highest BCUT2D eigenvalue weighted by Crippen LogP contribution is 2.34. The van der Waals surface area contributed by atoms with Gasteiger partial charge in [0.2, 0.25) is 6.79 Å². The second kappa shape index (κ2) is 7.34. The predicted octanol–water partition coefficient (Wildman–Crippen LogP) is 3.60. The van der Waals surface area contributed by atoms with Crippen molar-refractivity contribution in [3.63, 3.8) is 0 Å². The van der Waals surface area contributed by atoms with Crippen molar-refractivity contribution in [3.8, 4) is 11.5 Å². The number of aryl methyl sites for hydroxylation is 1. The van der Waals surface area contributed by atoms with Gasteiger partial charge in [-0.05, 0) is 52.8 Å². The number of hydrogen-bond donors (Lipinski definition) is 1. The van der Waals surface area contributed by atoms with Crippen LogP contribution >= 0.6 is 0 Å². The van der Waals surface area contributed by atoms with Gasteiger partial charge in [-0.3, -0.25) is 4.79 Å². The first-order valence-corrected chi connectivity index (χ1v) is 8.88. The average Bonchev–Trinajstić information content (AvgIpc) is 3.18. The summed E-state index contributed by atoms with van der Waals surface area (Å²) >= 11 is 0. The monoisotopic (exact) mass is 372 g/mol. The van der Waals surface area contributed by atoms with Crippen molar-refractivity contribution in [3.05, 3.63) is 41.2 Å². The van der Waals surface area contributed by atoms with Gasteiger partial charge in [-0.2, -0.15) is 0 Å². The van der Waals surface area contributed by atoms with Crippen molar-refractivity contribution in [1.29, 1.82) is 0 Å². The van der Waals surface area contributed by atoms with Gasteiger partial charge in [0.1, 0.15) is 0 Å². The number of nitrogens with one attached hydrogen (secondary N) is 1. The first-order valence-electron chi connectivity index (χ1n) is 8.88. The van der Waals surface area contributed by atoms with Crippen LogP contribution in [0.1, 0.15) is 48.6 Å². The van der Waals surface area contributed by atoms with E-state index in [0.717, 1.165) is 11.4 Å². The molecule has 1 aromatic carbocycles. The number of rotatable bonds is 5. The summed E-state index contributed by atoms with van der Waals surface area (Å²) in [5.74, 6) is 0.273. The molecule has 0 fully saturated rings. The van der Waals surface area contributed by atoms with E-state index < -0.39 is 18.0 Å². The van der Waals surface area contributed by atoms with Crippen LogP contribution in [0.4, 0.5) is 5.69 Å². The topological polar surface area (TPSA) is 78.8 Å². The fraction of sp³-hybridized carbons (Fsp3) is 0.400. The fourth-order valence-electron chi connectivity index (χ4n) is 3.27. The Morgan fingerprint density at radius 1 is 1.11 bits per heavy atom. The molecule has 0 radical (unpaired) electrons. The van der Waals surface area contributed by atoms with E-state index in [2.05, 4.69) is 23.7 Å². The number of carbonyl (C=O) groups is 2. The van der Waals surface area contributed by atoms with Gasteiger partial charge < -0.3 is 24.1 Å². The summed E-state index contributed by atoms with van der Waals surface area (Å²) in [6, 6.07) is 7.12. The van der Waals surface area contributed by atoms with Gasteiger partial charge in [0.15, 0.2) is 17.6 Å². The lowest BCUT2D eigenvalue weighted by atomic mass is 10.2. The zero-order valence-corrected chi connectivity index (χ0v) is 16.2. The molecule has 0 spiro atoms. The highest BCUT2D eigenvalue weighted by molar-refractivity contribution is 5.98. The average molecular weight is 372 g/mol. The molecule has 2 aromatic rings. The number of nitrogens with zero attached hydrogens (tertiary/aromatic N) is 1. The Morgan fingerprint density at radius 2 is 1.81 bits per heavy atom. The van der Waals surface area contributed by atoms with Gasteiger partial charge in [-0.15, -0.1) is 0 Å². The Kier molecular flexibility index (Phi) is 5.12. The van der Waals surface area contributed by atoms with Gasteiger partial charge in [0.05, 0.1) is 5.56 Å². The molecule has 1 N–H and O–H groups in total. The number of esters is 1. The third kappa shape index (κ3) is 3.77. The Balaban J connectivity index is 1.66. The molecule has 0 saturated heterocycles. The lowest BCUT2D eigenvalue weighted by Crippen LogP contribution is -2.30. The van der Waals surface area contributed by atoms with Gasteiger partial charge >= 0.3 is 5.97 Å². The Morgan fingerprint density at radius 3 is 2.48 bits per heavy atom. The third-order valence-electron chi connectivity index (χ3n) is 4.51. The number of benzene rings is 1. The second-order valence-corrected chi connectivity index (χ2v) is 6.85. The van der Waals surface area contributed by atoms with Gasteiger partial charge in [-0.1, -0.05) is 0 Å². The molecular weight excluding hydrogens is 348 g/mol. The van der Waals surface area contributed by atoms with Crippen molar-refractivity contribution in [1.82, 2.24) is 4.57 Å². The SMILES string of the molecule is Cc1cc(C(=O)OC(C)C(=O)Nc2ccc3c(c2)OCO3)c(C)n1C(C)C. The largest absolute Gasteiger partial charge is 0.454 e. The normalized spacial score (nSPS) is 13.6. The van der Waals surface area contributed by atoms with Crippen LogP contribution in [0.3, 0.4) is 0 Å². The molecule has 1 unspecified atom stereocenters. The summed E-state index contributed by atoms with van der Waals surface area (Å²) < 4.78 is 18.0. The second-order valence-electron chi connectivity index (χ2n) is 6.85. The summed E-state index contributed by atoms with van der Waals surface area (Å²) in [7, 11) is 0. The zero-order chi connectivity index (χ0) is 19.7. The maximum Gasteiger partial charge on any atom is 0.340 e. The molecule has 0 aliphatic carbocycles. The van der Waals surface area contributed by atoms with Crippen LogP contribution in [0.25, 0.3) is 0 Å². The van der Waals surface area contributed by atoms with Gasteiger partial charge in [-0.25, -0.2) is 4.79 Å². The maximum atomic E-state index is 12.5. The van der Waals surface area contributed by atoms with E-state index in [0.29, 0.717) is 22.7 Å². The fourth-order valence-corrected chi connectivity index (χ4v) is 3.27. The minimum absolute atomic E-state index is 0.162. The lowest BCUT2D eigenvalue weighted by molar-refractivity contribution is -0.123. The molecule has 1 aromatic heterocycles. The van der Waals surface area contributed by atoms with Crippen LogP contribution in [-0.4, -0.2) is 29.3 Å². The number of hydrogen-bond acceptors (Lipinski definition) is 5. The van der Waals surface area contributed by atoms with E-state index in [1.807, 2.05) is 13.8 Å². The standard InChI is InChI=1S/C20H24N2O5/c1-11(2)22-12(3)8-16(13(22)4)20(24)27-14(5)19(23)21-15-6-7-17-18(9-15)26-10-25-17/h6-9,11,14H,10H2,1-5H3,(H,21,23). The first kappa shape index (κ1) is 18.8. The summed E-state index contributed by atoms with van der Waals surface area (Å²) in [6.07, 6.45) is -0.940. The smallest absolute Gasteiger partial charge is 0.340 e.